The molecule has 1 aliphatic rings. The molecule has 0 atom stereocenters. The maximum absolute atomic E-state index is 15.5. The molecule has 2 N–H and O–H groups in total. The van der Waals surface area contributed by atoms with Gasteiger partial charge in [0.25, 0.3) is 0 Å². The highest BCUT2D eigenvalue weighted by Crippen LogP contribution is 2.45. The van der Waals surface area contributed by atoms with E-state index in [-0.39, 0.29) is 5.75 Å². The van der Waals surface area contributed by atoms with Gasteiger partial charge in [-0.25, -0.2) is 9.37 Å². The molecule has 0 unspecified atom stereocenters. The van der Waals surface area contributed by atoms with Gasteiger partial charge in [0.1, 0.15) is 11.6 Å². The van der Waals surface area contributed by atoms with Gasteiger partial charge in [-0.15, -0.1) is 11.8 Å². The molecule has 1 fully saturated rings. The third kappa shape index (κ3) is 3.56. The number of benzene rings is 2. The van der Waals surface area contributed by atoms with Gasteiger partial charge < -0.3 is 10.5 Å². The van der Waals surface area contributed by atoms with Gasteiger partial charge in [-0.3, -0.25) is 4.98 Å². The molecule has 1 aromatic heterocycles. The topological polar surface area (TPSA) is 61.0 Å². The minimum Gasteiger partial charge on any atom is -0.454 e. The van der Waals surface area contributed by atoms with E-state index in [0.29, 0.717) is 28.7 Å². The standard InChI is InChI=1S/C22H22FN3OS/c1-13-10-15(6-9-19(13)28-2)27-22-16(14-4-3-5-14)7-8-17(21(22)23)18-11-26-20(24)12-25-18/h6-12,14H,3-5H2,1-2H3,(H2,24,26). The van der Waals surface area contributed by atoms with Crippen LogP contribution in [0.3, 0.4) is 0 Å². The van der Waals surface area contributed by atoms with Crippen LogP contribution < -0.4 is 10.5 Å². The number of halogens is 1. The van der Waals surface area contributed by atoms with Crippen molar-refractivity contribution in [2.45, 2.75) is 37.0 Å². The Bertz CT molecular complexity index is 1000. The van der Waals surface area contributed by atoms with Crippen molar-refractivity contribution in [3.05, 3.63) is 59.7 Å². The zero-order chi connectivity index (χ0) is 19.7. The molecule has 144 valence electrons. The van der Waals surface area contributed by atoms with Crippen LogP contribution in [0, 0.1) is 12.7 Å². The van der Waals surface area contributed by atoms with Crippen molar-refractivity contribution in [2.24, 2.45) is 0 Å². The number of nitrogens with two attached hydrogens (primary N) is 1. The van der Waals surface area contributed by atoms with Crippen LogP contribution >= 0.6 is 11.8 Å². The molecular weight excluding hydrogens is 373 g/mol. The number of nitrogens with zero attached hydrogens (tertiary/aromatic N) is 2. The Kier molecular flexibility index (Phi) is 5.22. The predicted molar refractivity (Wildman–Crippen MR) is 111 cm³/mol. The summed E-state index contributed by atoms with van der Waals surface area (Å²) in [5.41, 5.74) is 8.43. The van der Waals surface area contributed by atoms with Gasteiger partial charge >= 0.3 is 0 Å². The Morgan fingerprint density at radius 1 is 1.14 bits per heavy atom. The summed E-state index contributed by atoms with van der Waals surface area (Å²) in [6, 6.07) is 9.56. The van der Waals surface area contributed by atoms with Crippen LogP contribution in [0.15, 0.2) is 47.6 Å². The van der Waals surface area contributed by atoms with E-state index in [1.54, 1.807) is 17.8 Å². The lowest BCUT2D eigenvalue weighted by Crippen LogP contribution is -2.11. The third-order valence-electron chi connectivity index (χ3n) is 5.21. The van der Waals surface area contributed by atoms with Crippen LogP contribution in [0.5, 0.6) is 11.5 Å². The average molecular weight is 396 g/mol. The second-order valence-electron chi connectivity index (χ2n) is 7.03. The van der Waals surface area contributed by atoms with Crippen LogP contribution in [-0.2, 0) is 0 Å². The molecule has 2 aromatic carbocycles. The maximum atomic E-state index is 15.5. The largest absolute Gasteiger partial charge is 0.454 e. The lowest BCUT2D eigenvalue weighted by molar-refractivity contribution is 0.384. The predicted octanol–water partition coefficient (Wildman–Crippen LogP) is 5.96. The molecule has 6 heteroatoms. The van der Waals surface area contributed by atoms with Gasteiger partial charge in [0.2, 0.25) is 0 Å². The number of aryl methyl sites for hydroxylation is 1. The first-order valence-corrected chi connectivity index (χ1v) is 10.5. The number of ether oxygens (including phenoxy) is 1. The monoisotopic (exact) mass is 395 g/mol. The van der Waals surface area contributed by atoms with Gasteiger partial charge in [0.15, 0.2) is 11.6 Å². The smallest absolute Gasteiger partial charge is 0.175 e. The summed E-state index contributed by atoms with van der Waals surface area (Å²) >= 11 is 1.68. The molecule has 0 aliphatic heterocycles. The number of thioether (sulfide) groups is 1. The summed E-state index contributed by atoms with van der Waals surface area (Å²) in [5.74, 6) is 1.15. The summed E-state index contributed by atoms with van der Waals surface area (Å²) in [4.78, 5) is 9.43. The molecule has 1 saturated carbocycles. The first-order chi connectivity index (χ1) is 13.6. The molecule has 4 rings (SSSR count). The molecule has 1 aliphatic carbocycles. The van der Waals surface area contributed by atoms with Gasteiger partial charge in [-0.05, 0) is 61.8 Å². The third-order valence-corrected chi connectivity index (χ3v) is 6.10. The SMILES string of the molecule is CSc1ccc(Oc2c(C3CCC3)ccc(-c3cnc(N)cn3)c2F)cc1C. The highest BCUT2D eigenvalue weighted by atomic mass is 32.2. The van der Waals surface area contributed by atoms with Crippen molar-refractivity contribution in [3.63, 3.8) is 0 Å². The molecular formula is C22H22FN3OS. The first-order valence-electron chi connectivity index (χ1n) is 9.29. The number of hydrogen-bond acceptors (Lipinski definition) is 5. The minimum atomic E-state index is -0.407. The first kappa shape index (κ1) is 18.7. The van der Waals surface area contributed by atoms with E-state index in [9.17, 15) is 0 Å². The Balaban J connectivity index is 1.77. The quantitative estimate of drug-likeness (QED) is 0.541. The molecule has 0 saturated heterocycles. The van der Waals surface area contributed by atoms with Crippen LogP contribution in [-0.4, -0.2) is 16.2 Å². The van der Waals surface area contributed by atoms with Crippen molar-refractivity contribution in [3.8, 4) is 22.8 Å². The Morgan fingerprint density at radius 3 is 2.57 bits per heavy atom. The summed E-state index contributed by atoms with van der Waals surface area (Å²) < 4.78 is 21.6. The van der Waals surface area contributed by atoms with E-state index in [4.69, 9.17) is 10.5 Å². The van der Waals surface area contributed by atoms with Crippen LogP contribution in [0.2, 0.25) is 0 Å². The fourth-order valence-electron chi connectivity index (χ4n) is 3.42. The second-order valence-corrected chi connectivity index (χ2v) is 7.88. The average Bonchev–Trinajstić information content (AvgIpc) is 2.64. The van der Waals surface area contributed by atoms with Gasteiger partial charge in [-0.2, -0.15) is 0 Å². The van der Waals surface area contributed by atoms with Crippen LogP contribution in [0.1, 0.15) is 36.3 Å². The Hall–Kier alpha value is -2.60. The Morgan fingerprint density at radius 2 is 1.96 bits per heavy atom. The summed E-state index contributed by atoms with van der Waals surface area (Å²) in [7, 11) is 0. The zero-order valence-corrected chi connectivity index (χ0v) is 16.7. The summed E-state index contributed by atoms with van der Waals surface area (Å²) in [6.07, 6.45) is 8.23. The molecule has 0 bridgehead atoms. The molecule has 3 aromatic rings. The van der Waals surface area contributed by atoms with Crippen molar-refractivity contribution >= 4 is 17.6 Å². The van der Waals surface area contributed by atoms with E-state index >= 15 is 4.39 Å². The van der Waals surface area contributed by atoms with E-state index < -0.39 is 5.82 Å². The second kappa shape index (κ2) is 7.80. The molecule has 0 radical (unpaired) electrons. The normalized spacial score (nSPS) is 14.0. The lowest BCUT2D eigenvalue weighted by atomic mass is 9.79. The van der Waals surface area contributed by atoms with E-state index in [1.807, 2.05) is 37.4 Å². The van der Waals surface area contributed by atoms with Crippen molar-refractivity contribution < 1.29 is 9.13 Å². The van der Waals surface area contributed by atoms with Gasteiger partial charge in [0, 0.05) is 16.0 Å². The van der Waals surface area contributed by atoms with Crippen LogP contribution in [0.4, 0.5) is 10.2 Å². The van der Waals surface area contributed by atoms with Gasteiger partial charge in [0.05, 0.1) is 18.1 Å². The Labute approximate surface area is 168 Å². The molecule has 28 heavy (non-hydrogen) atoms. The summed E-state index contributed by atoms with van der Waals surface area (Å²) in [6.45, 7) is 2.03. The molecule has 0 amide bonds. The minimum absolute atomic E-state index is 0.289. The molecule has 0 spiro atoms. The highest BCUT2D eigenvalue weighted by Gasteiger charge is 2.27. The van der Waals surface area contributed by atoms with E-state index in [0.717, 1.165) is 24.0 Å². The number of anilines is 1. The number of rotatable bonds is 5. The number of nitrogen functional groups attached to an aromatic ring is 1. The van der Waals surface area contributed by atoms with E-state index in [2.05, 4.69) is 9.97 Å². The van der Waals surface area contributed by atoms with Crippen molar-refractivity contribution in [1.82, 2.24) is 9.97 Å². The van der Waals surface area contributed by atoms with Crippen molar-refractivity contribution in [2.75, 3.05) is 12.0 Å². The van der Waals surface area contributed by atoms with E-state index in [1.165, 1.54) is 23.7 Å². The maximum Gasteiger partial charge on any atom is 0.175 e. The highest BCUT2D eigenvalue weighted by molar-refractivity contribution is 7.98. The lowest BCUT2D eigenvalue weighted by Gasteiger charge is -2.28. The number of aromatic nitrogens is 2. The fraction of sp³-hybridized carbons (Fsp3) is 0.273. The number of hydrogen-bond donors (Lipinski definition) is 1. The van der Waals surface area contributed by atoms with Crippen LogP contribution in [0.25, 0.3) is 11.3 Å². The zero-order valence-electron chi connectivity index (χ0n) is 15.9. The molecule has 1 heterocycles. The fourth-order valence-corrected chi connectivity index (χ4v) is 4.01. The summed E-state index contributed by atoms with van der Waals surface area (Å²) in [5, 5.41) is 0. The van der Waals surface area contributed by atoms with Crippen molar-refractivity contribution in [1.29, 1.82) is 0 Å². The molecule has 4 nitrogen and oxygen atoms in total. The van der Waals surface area contributed by atoms with Gasteiger partial charge in [-0.1, -0.05) is 12.5 Å².